The van der Waals surface area contributed by atoms with Gasteiger partial charge in [0.25, 0.3) is 0 Å². The number of hydrogen-bond donors (Lipinski definition) is 1. The minimum atomic E-state index is -0.203. The molecule has 0 spiro atoms. The number of benzene rings is 2. The average Bonchev–Trinajstić information content (AvgIpc) is 2.68. The number of nitrogens with zero attached hydrogens (tertiary/aromatic N) is 1. The topological polar surface area (TPSA) is 60.4 Å². The molecule has 142 valence electrons. The van der Waals surface area contributed by atoms with Crippen LogP contribution in [-0.4, -0.2) is 52.1 Å². The number of likely N-dealkylation sites (N-methyl/N-ethyl adjacent to an activating group) is 1. The molecule has 0 saturated heterocycles. The Morgan fingerprint density at radius 3 is 2.15 bits per heavy atom. The third kappa shape index (κ3) is 4.20. The summed E-state index contributed by atoms with van der Waals surface area (Å²) in [5.74, 6) is 2.68. The highest BCUT2D eigenvalue weighted by Crippen LogP contribution is 2.34. The lowest BCUT2D eigenvalue weighted by molar-refractivity contribution is 0.141. The maximum Gasteiger partial charge on any atom is 0.165 e. The first kappa shape index (κ1) is 19.9. The van der Waals surface area contributed by atoms with Crippen molar-refractivity contribution in [2.75, 3.05) is 42.1 Å². The summed E-state index contributed by atoms with van der Waals surface area (Å²) in [5, 5.41) is 9.98. The second-order valence-corrected chi connectivity index (χ2v) is 5.88. The van der Waals surface area contributed by atoms with Crippen LogP contribution in [0.3, 0.4) is 0 Å². The minimum Gasteiger partial charge on any atom is -0.493 e. The van der Waals surface area contributed by atoms with E-state index in [1.807, 2.05) is 43.4 Å². The number of methoxy groups -OCH3 is 4. The van der Waals surface area contributed by atoms with Crippen molar-refractivity contribution in [3.63, 3.8) is 0 Å². The van der Waals surface area contributed by atoms with Crippen LogP contribution in [0.5, 0.6) is 23.0 Å². The summed E-state index contributed by atoms with van der Waals surface area (Å²) < 4.78 is 21.5. The van der Waals surface area contributed by atoms with Crippen molar-refractivity contribution in [3.05, 3.63) is 47.5 Å². The van der Waals surface area contributed by atoms with Crippen LogP contribution in [0.25, 0.3) is 0 Å². The van der Waals surface area contributed by atoms with E-state index >= 15 is 0 Å². The Balaban J connectivity index is 2.28. The van der Waals surface area contributed by atoms with Gasteiger partial charge in [-0.05, 0) is 30.8 Å². The van der Waals surface area contributed by atoms with Gasteiger partial charge in [0.05, 0.1) is 41.1 Å². The van der Waals surface area contributed by atoms with Gasteiger partial charge in [-0.25, -0.2) is 0 Å². The normalized spacial score (nSPS) is 12.0. The van der Waals surface area contributed by atoms with Crippen molar-refractivity contribution in [3.8, 4) is 23.0 Å². The highest BCUT2D eigenvalue weighted by Gasteiger charge is 2.20. The number of aliphatic hydroxyl groups is 1. The molecule has 1 atom stereocenters. The van der Waals surface area contributed by atoms with E-state index in [2.05, 4.69) is 4.90 Å². The lowest BCUT2D eigenvalue weighted by Gasteiger charge is -2.28. The van der Waals surface area contributed by atoms with Gasteiger partial charge in [0, 0.05) is 12.1 Å². The quantitative estimate of drug-likeness (QED) is 0.741. The Labute approximate surface area is 154 Å². The smallest absolute Gasteiger partial charge is 0.165 e. The molecule has 0 bridgehead atoms. The predicted molar refractivity (Wildman–Crippen MR) is 100 cm³/mol. The Morgan fingerprint density at radius 2 is 1.58 bits per heavy atom. The van der Waals surface area contributed by atoms with Gasteiger partial charge >= 0.3 is 0 Å². The van der Waals surface area contributed by atoms with Crippen LogP contribution in [0.2, 0.25) is 0 Å². The third-order valence-corrected chi connectivity index (χ3v) is 4.40. The van der Waals surface area contributed by atoms with Crippen LogP contribution in [0.4, 0.5) is 0 Å². The van der Waals surface area contributed by atoms with Gasteiger partial charge in [-0.2, -0.15) is 0 Å². The molecule has 0 saturated carbocycles. The fraction of sp³-hybridized carbons (Fsp3) is 0.400. The highest BCUT2D eigenvalue weighted by molar-refractivity contribution is 5.47. The zero-order valence-electron chi connectivity index (χ0n) is 16.0. The van der Waals surface area contributed by atoms with Gasteiger partial charge in [-0.15, -0.1) is 0 Å². The molecule has 0 fully saturated rings. The first-order chi connectivity index (χ1) is 12.6. The summed E-state index contributed by atoms with van der Waals surface area (Å²) in [6.45, 7) is 0.554. The van der Waals surface area contributed by atoms with E-state index in [1.54, 1.807) is 28.4 Å². The second kappa shape index (κ2) is 9.31. The molecule has 0 heterocycles. The van der Waals surface area contributed by atoms with Crippen molar-refractivity contribution in [1.29, 1.82) is 0 Å². The Morgan fingerprint density at radius 1 is 0.885 bits per heavy atom. The van der Waals surface area contributed by atoms with Gasteiger partial charge < -0.3 is 24.1 Å². The molecule has 0 amide bonds. The molecule has 0 aliphatic carbocycles. The summed E-state index contributed by atoms with van der Waals surface area (Å²) in [4.78, 5) is 2.05. The summed E-state index contributed by atoms with van der Waals surface area (Å²) in [7, 11) is 8.39. The van der Waals surface area contributed by atoms with Crippen molar-refractivity contribution in [2.24, 2.45) is 0 Å². The fourth-order valence-corrected chi connectivity index (χ4v) is 3.02. The molecule has 0 aliphatic rings. The average molecular weight is 361 g/mol. The fourth-order valence-electron chi connectivity index (χ4n) is 3.02. The first-order valence-electron chi connectivity index (χ1n) is 8.32. The van der Waals surface area contributed by atoms with Gasteiger partial charge in [0.1, 0.15) is 0 Å². The molecule has 2 aromatic carbocycles. The van der Waals surface area contributed by atoms with Crippen LogP contribution < -0.4 is 18.9 Å². The lowest BCUT2D eigenvalue weighted by atomic mass is 10.0. The van der Waals surface area contributed by atoms with E-state index < -0.39 is 0 Å². The minimum absolute atomic E-state index is 0.0295. The van der Waals surface area contributed by atoms with Crippen LogP contribution in [-0.2, 0) is 6.54 Å². The SMILES string of the molecule is COc1ccc([C@@H](CO)N(C)Cc2cccc(OC)c2OC)cc1OC. The number of rotatable bonds is 9. The van der Waals surface area contributed by atoms with Crippen molar-refractivity contribution >= 4 is 0 Å². The van der Waals surface area contributed by atoms with E-state index in [-0.39, 0.29) is 12.6 Å². The monoisotopic (exact) mass is 361 g/mol. The van der Waals surface area contributed by atoms with Crippen molar-refractivity contribution in [2.45, 2.75) is 12.6 Å². The van der Waals surface area contributed by atoms with Crippen LogP contribution in [0.1, 0.15) is 17.2 Å². The molecule has 1 N–H and O–H groups in total. The number of ether oxygens (including phenoxy) is 4. The first-order valence-corrected chi connectivity index (χ1v) is 8.32. The van der Waals surface area contributed by atoms with Gasteiger partial charge in [-0.3, -0.25) is 4.90 Å². The number of aliphatic hydroxyl groups excluding tert-OH is 1. The van der Waals surface area contributed by atoms with Gasteiger partial charge in [-0.1, -0.05) is 18.2 Å². The molecule has 0 aliphatic heterocycles. The van der Waals surface area contributed by atoms with Crippen LogP contribution in [0.15, 0.2) is 36.4 Å². The van der Waals surface area contributed by atoms with Crippen LogP contribution in [0, 0.1) is 0 Å². The molecule has 6 heteroatoms. The maximum atomic E-state index is 9.98. The van der Waals surface area contributed by atoms with Crippen LogP contribution >= 0.6 is 0 Å². The van der Waals surface area contributed by atoms with Crippen molar-refractivity contribution in [1.82, 2.24) is 4.90 Å². The molecule has 2 rings (SSSR count). The largest absolute Gasteiger partial charge is 0.493 e. The Bertz CT molecular complexity index is 719. The molecular weight excluding hydrogens is 334 g/mol. The standard InChI is InChI=1S/C20H27NO5/c1-21(12-15-7-6-8-18(24-3)20(15)26-5)16(13-22)14-9-10-17(23-2)19(11-14)25-4/h6-11,16,22H,12-13H2,1-5H3/t16-/m1/s1. The number of hydrogen-bond acceptors (Lipinski definition) is 6. The van der Waals surface area contributed by atoms with E-state index in [4.69, 9.17) is 18.9 Å². The van der Waals surface area contributed by atoms with E-state index in [9.17, 15) is 5.11 Å². The molecule has 2 aromatic rings. The summed E-state index contributed by atoms with van der Waals surface area (Å²) >= 11 is 0. The third-order valence-electron chi connectivity index (χ3n) is 4.40. The number of para-hydroxylation sites is 1. The molecule has 0 radical (unpaired) electrons. The molecule has 0 unspecified atom stereocenters. The zero-order chi connectivity index (χ0) is 19.1. The highest BCUT2D eigenvalue weighted by atomic mass is 16.5. The molecular formula is C20H27NO5. The van der Waals surface area contributed by atoms with E-state index in [0.29, 0.717) is 29.5 Å². The Hall–Kier alpha value is -2.44. The predicted octanol–water partition coefficient (Wildman–Crippen LogP) is 2.89. The molecule has 0 aromatic heterocycles. The molecule has 26 heavy (non-hydrogen) atoms. The van der Waals surface area contributed by atoms with E-state index in [0.717, 1.165) is 11.1 Å². The zero-order valence-corrected chi connectivity index (χ0v) is 16.0. The van der Waals surface area contributed by atoms with Gasteiger partial charge in [0.15, 0.2) is 23.0 Å². The van der Waals surface area contributed by atoms with Gasteiger partial charge in [0.2, 0.25) is 0 Å². The van der Waals surface area contributed by atoms with E-state index in [1.165, 1.54) is 0 Å². The summed E-state index contributed by atoms with van der Waals surface area (Å²) in [5.41, 5.74) is 1.92. The van der Waals surface area contributed by atoms with Crippen molar-refractivity contribution < 1.29 is 24.1 Å². The molecule has 6 nitrogen and oxygen atoms in total. The summed E-state index contributed by atoms with van der Waals surface area (Å²) in [6, 6.07) is 11.2. The second-order valence-electron chi connectivity index (χ2n) is 5.88. The lowest BCUT2D eigenvalue weighted by Crippen LogP contribution is -2.27. The maximum absolute atomic E-state index is 9.98. The summed E-state index contributed by atoms with van der Waals surface area (Å²) in [6.07, 6.45) is 0. The Kier molecular flexibility index (Phi) is 7.12.